The van der Waals surface area contributed by atoms with E-state index in [1.54, 1.807) is 0 Å². The third kappa shape index (κ3) is 13.6. The minimum atomic E-state index is -2.08. The van der Waals surface area contributed by atoms with E-state index in [9.17, 15) is 4.79 Å². The van der Waals surface area contributed by atoms with E-state index in [1.165, 1.54) is 82.8 Å². The zero-order valence-corrected chi connectivity index (χ0v) is 48.4. The fourth-order valence-electron chi connectivity index (χ4n) is 12.1. The maximum absolute atomic E-state index is 14.7. The number of likely N-dealkylation sites (tertiary alicyclic amines) is 1. The van der Waals surface area contributed by atoms with Crippen LogP contribution in [0.5, 0.6) is 0 Å². The van der Waals surface area contributed by atoms with Gasteiger partial charge in [0.25, 0.3) is 0 Å². The SMILES string of the molecule is CCC1O[Si](C)(C)CCC[Si]2(CCCNC(=O)N3C[C@@H](P(c4ccccc4)c4ccccc4)[C@H](P(c4ccccc4)c4ccccc4)C3)CCC[Si](C)(C)OC(CC)C1(C)O[Si](C)(C)CCC2. The van der Waals surface area contributed by atoms with Gasteiger partial charge >= 0.3 is 6.03 Å². The van der Waals surface area contributed by atoms with Gasteiger partial charge in [-0.05, 0) is 121 Å². The minimum absolute atomic E-state index is 0.0403. The number of fused-ring (bicyclic) bond motifs is 6. The van der Waals surface area contributed by atoms with Crippen molar-refractivity contribution >= 4 is 76.1 Å². The van der Waals surface area contributed by atoms with Gasteiger partial charge in [-0.2, -0.15) is 0 Å². The first-order chi connectivity index (χ1) is 32.1. The predicted molar refractivity (Wildman–Crippen MR) is 301 cm³/mol. The van der Waals surface area contributed by atoms with Crippen LogP contribution in [-0.2, 0) is 13.3 Å². The summed E-state index contributed by atoms with van der Waals surface area (Å²) in [6.45, 7) is 24.0. The zero-order valence-electron chi connectivity index (χ0n) is 42.6. The van der Waals surface area contributed by atoms with Crippen molar-refractivity contribution in [1.29, 1.82) is 0 Å². The number of urea groups is 1. The zero-order chi connectivity index (χ0) is 47.7. The lowest BCUT2D eigenvalue weighted by Gasteiger charge is -2.50. The Hall–Kier alpha value is -2.24. The van der Waals surface area contributed by atoms with Gasteiger partial charge in [-0.1, -0.05) is 179 Å². The summed E-state index contributed by atoms with van der Waals surface area (Å²) in [5.41, 5.74) is 0.147. The number of carbonyl (C=O) groups excluding carboxylic acids is 1. The average Bonchev–Trinajstić information content (AvgIpc) is 3.73. The van der Waals surface area contributed by atoms with Crippen molar-refractivity contribution in [2.45, 2.75) is 170 Å². The molecule has 364 valence electrons. The molecule has 4 atom stereocenters. The van der Waals surface area contributed by atoms with Crippen LogP contribution in [0.15, 0.2) is 121 Å². The highest BCUT2D eigenvalue weighted by Gasteiger charge is 2.51. The van der Waals surface area contributed by atoms with Gasteiger partial charge in [0, 0.05) is 31.0 Å². The van der Waals surface area contributed by atoms with Crippen LogP contribution in [0, 0.1) is 0 Å². The highest BCUT2D eigenvalue weighted by atomic mass is 31.1. The molecule has 0 saturated carbocycles. The molecule has 3 aliphatic rings. The Morgan fingerprint density at radius 3 is 1.30 bits per heavy atom. The van der Waals surface area contributed by atoms with E-state index >= 15 is 0 Å². The second-order valence-corrected chi connectivity index (χ2v) is 44.7. The maximum atomic E-state index is 14.7. The highest BCUT2D eigenvalue weighted by Crippen LogP contribution is 2.54. The molecule has 4 aromatic carbocycles. The van der Waals surface area contributed by atoms with Crippen LogP contribution >= 0.6 is 15.8 Å². The number of nitrogens with zero attached hydrogens (tertiary/aromatic N) is 1. The van der Waals surface area contributed by atoms with Crippen LogP contribution in [0.2, 0.25) is 81.6 Å². The number of rotatable bonds is 12. The Labute approximate surface area is 413 Å². The van der Waals surface area contributed by atoms with Crippen molar-refractivity contribution < 1.29 is 18.1 Å². The van der Waals surface area contributed by atoms with Gasteiger partial charge in [0.15, 0.2) is 25.0 Å². The Balaban J connectivity index is 1.14. The second-order valence-electron chi connectivity index (χ2n) is 22.1. The molecule has 2 bridgehead atoms. The quantitative estimate of drug-likeness (QED) is 0.0873. The smallest absolute Gasteiger partial charge is 0.317 e. The Bertz CT molecular complexity index is 1940. The third-order valence-corrected chi connectivity index (χ3v) is 34.6. The van der Waals surface area contributed by atoms with Crippen molar-refractivity contribution in [3.05, 3.63) is 121 Å². The first-order valence-corrected chi connectivity index (χ1v) is 40.9. The van der Waals surface area contributed by atoms with E-state index in [-0.39, 0.29) is 18.2 Å². The van der Waals surface area contributed by atoms with Gasteiger partial charge in [-0.15, -0.1) is 0 Å². The third-order valence-electron chi connectivity index (χ3n) is 15.4. The molecule has 3 fully saturated rings. The molecule has 1 N–H and O–H groups in total. The van der Waals surface area contributed by atoms with E-state index in [2.05, 4.69) is 192 Å². The van der Waals surface area contributed by atoms with Gasteiger partial charge in [0.1, 0.15) is 5.60 Å². The molecule has 0 aliphatic carbocycles. The Morgan fingerprint density at radius 2 is 0.940 bits per heavy atom. The van der Waals surface area contributed by atoms with Crippen molar-refractivity contribution in [1.82, 2.24) is 10.2 Å². The van der Waals surface area contributed by atoms with Crippen LogP contribution in [0.3, 0.4) is 0 Å². The average molecular weight is 1010 g/mol. The molecule has 4 aromatic rings. The summed E-state index contributed by atoms with van der Waals surface area (Å²) < 4.78 is 22.3. The lowest BCUT2D eigenvalue weighted by molar-refractivity contribution is -0.111. The molecular weight excluding hydrogens is 927 g/mol. The fraction of sp³-hybridized carbons (Fsp3) is 0.545. The number of hydrogen-bond acceptors (Lipinski definition) is 4. The number of amides is 2. The van der Waals surface area contributed by atoms with Gasteiger partial charge in [-0.3, -0.25) is 0 Å². The van der Waals surface area contributed by atoms with Crippen molar-refractivity contribution in [3.8, 4) is 0 Å². The van der Waals surface area contributed by atoms with E-state index in [1.807, 2.05) is 0 Å². The monoisotopic (exact) mass is 1010 g/mol. The molecule has 3 saturated heterocycles. The van der Waals surface area contributed by atoms with E-state index in [4.69, 9.17) is 13.3 Å². The minimum Gasteiger partial charge on any atom is -0.411 e. The Kier molecular flexibility index (Phi) is 18.3. The lowest BCUT2D eigenvalue weighted by atomic mass is 9.89. The van der Waals surface area contributed by atoms with Gasteiger partial charge in [0.2, 0.25) is 0 Å². The topological polar surface area (TPSA) is 60.0 Å². The van der Waals surface area contributed by atoms with Gasteiger partial charge < -0.3 is 23.5 Å². The normalized spacial score (nSPS) is 28.0. The molecule has 0 spiro atoms. The lowest BCUT2D eigenvalue weighted by Crippen LogP contribution is -2.61. The molecule has 7 rings (SSSR count). The van der Waals surface area contributed by atoms with Crippen LogP contribution in [0.25, 0.3) is 0 Å². The molecule has 3 heterocycles. The molecule has 2 unspecified atom stereocenters. The van der Waals surface area contributed by atoms with Crippen LogP contribution in [0.1, 0.15) is 59.3 Å². The van der Waals surface area contributed by atoms with Crippen molar-refractivity contribution in [2.75, 3.05) is 19.6 Å². The maximum Gasteiger partial charge on any atom is 0.317 e. The number of benzene rings is 4. The Morgan fingerprint density at radius 1 is 0.582 bits per heavy atom. The summed E-state index contributed by atoms with van der Waals surface area (Å²) in [6, 6.07) is 53.8. The van der Waals surface area contributed by atoms with Gasteiger partial charge in [-0.25, -0.2) is 4.79 Å². The number of carbonyl (C=O) groups is 1. The molecule has 6 nitrogen and oxygen atoms in total. The molecule has 0 radical (unpaired) electrons. The van der Waals surface area contributed by atoms with E-state index in [0.717, 1.165) is 38.9 Å². The molecular formula is C55H84N2O4P2Si4. The predicted octanol–water partition coefficient (Wildman–Crippen LogP) is 13.0. The molecule has 3 aliphatic heterocycles. The summed E-state index contributed by atoms with van der Waals surface area (Å²) >= 11 is 0. The van der Waals surface area contributed by atoms with Crippen molar-refractivity contribution in [3.63, 3.8) is 0 Å². The molecule has 0 aromatic heterocycles. The first-order valence-electron chi connectivity index (χ1n) is 25.9. The summed E-state index contributed by atoms with van der Waals surface area (Å²) in [7, 11) is -9.34. The summed E-state index contributed by atoms with van der Waals surface area (Å²) in [4.78, 5) is 17.0. The second kappa shape index (κ2) is 23.3. The standard InChI is InChI=1S/C55H84N2O4P2Si4/c1-10-52-55(3)53(11-2)60-65(6,7)38-26-42-67(41-25-37-64(4,5)59-52,43-27-39-66(8,9)61-55)40-24-36-56-54(58)57-44-50(62(46-28-16-12-17-29-46)47-30-18-13-19-31-47)51(45-57)63(48-32-20-14-21-33-48)49-34-22-15-23-35-49/h12-23,28-35,50-53H,10-11,24-27,36-45H2,1-9H3,(H,56,58)/t50-,51-,52?,53?,55?,67?/m1/s1. The highest BCUT2D eigenvalue weighted by molar-refractivity contribution is 7.77. The van der Waals surface area contributed by atoms with Crippen LogP contribution in [-0.4, -0.2) is 92.7 Å². The van der Waals surface area contributed by atoms with Crippen LogP contribution in [0.4, 0.5) is 4.79 Å². The first kappa shape index (κ1) is 52.6. The van der Waals surface area contributed by atoms with Crippen molar-refractivity contribution in [2.24, 2.45) is 0 Å². The summed E-state index contributed by atoms with van der Waals surface area (Å²) in [6.07, 6.45) is 6.85. The summed E-state index contributed by atoms with van der Waals surface area (Å²) in [5.74, 6) is 0. The molecule has 12 heteroatoms. The summed E-state index contributed by atoms with van der Waals surface area (Å²) in [5, 5.41) is 9.12. The largest absolute Gasteiger partial charge is 0.411 e. The number of hydrogen-bond donors (Lipinski definition) is 1. The van der Waals surface area contributed by atoms with Crippen LogP contribution < -0.4 is 26.5 Å². The molecule has 67 heavy (non-hydrogen) atoms. The van der Waals surface area contributed by atoms with E-state index in [0.29, 0.717) is 11.3 Å². The van der Waals surface area contributed by atoms with E-state index < -0.39 is 54.5 Å². The number of nitrogens with one attached hydrogen (secondary N) is 1. The van der Waals surface area contributed by atoms with Gasteiger partial charge in [0.05, 0.1) is 20.3 Å². The molecule has 2 amide bonds. The fourth-order valence-corrected chi connectivity index (χ4v) is 32.1.